The van der Waals surface area contributed by atoms with E-state index >= 15 is 0 Å². The number of piperidine rings is 3. The van der Waals surface area contributed by atoms with Gasteiger partial charge in [-0.05, 0) is 38.5 Å². The molecule has 19 heteroatoms. The SMILES string of the molecule is NC(=O)C(O)=CC(=O)N1CCC(O)CC1.NC(=O)C(O)=CC(=O)N1CCC(O)CC1.NC(=O)C(O)=CC(=O)N1CCC(O)CC1.[Fe]. The van der Waals surface area contributed by atoms with E-state index in [9.17, 15) is 44.1 Å². The van der Waals surface area contributed by atoms with Gasteiger partial charge in [0.1, 0.15) is 0 Å². The number of carbonyl (C=O) groups excluding carboxylic acids is 6. The maximum Gasteiger partial charge on any atom is 0.283 e. The Morgan fingerprint density at radius 1 is 0.457 bits per heavy atom. The molecular weight excluding hydrogens is 656 g/mol. The molecule has 46 heavy (non-hydrogen) atoms. The first kappa shape index (κ1) is 41.8. The summed E-state index contributed by atoms with van der Waals surface area (Å²) in [5.74, 6) is -6.70. The number of nitrogens with two attached hydrogens (primary N) is 3. The summed E-state index contributed by atoms with van der Waals surface area (Å²) >= 11 is 0. The number of aliphatic hydroxyl groups is 6. The van der Waals surface area contributed by atoms with Crippen molar-refractivity contribution in [3.8, 4) is 0 Å². The molecule has 0 aliphatic carbocycles. The van der Waals surface area contributed by atoms with Crippen molar-refractivity contribution >= 4 is 35.4 Å². The Labute approximate surface area is 275 Å². The molecule has 3 rings (SSSR count). The van der Waals surface area contributed by atoms with Crippen LogP contribution >= 0.6 is 0 Å². The van der Waals surface area contributed by atoms with Crippen LogP contribution in [0.15, 0.2) is 35.5 Å². The minimum Gasteiger partial charge on any atom is -0.503 e. The van der Waals surface area contributed by atoms with E-state index in [1.54, 1.807) is 0 Å². The fourth-order valence-corrected chi connectivity index (χ4v) is 4.10. The van der Waals surface area contributed by atoms with Gasteiger partial charge in [0.15, 0.2) is 17.3 Å². The van der Waals surface area contributed by atoms with Gasteiger partial charge in [-0.25, -0.2) is 0 Å². The molecule has 6 amide bonds. The molecule has 0 aromatic rings. The summed E-state index contributed by atoms with van der Waals surface area (Å²) in [7, 11) is 0. The molecular formula is C27H42FeN6O12. The molecule has 3 fully saturated rings. The van der Waals surface area contributed by atoms with Crippen molar-refractivity contribution in [1.82, 2.24) is 14.7 Å². The molecule has 12 N–H and O–H groups in total. The number of nitrogens with zero attached hydrogens (tertiary/aromatic N) is 3. The second-order valence-electron chi connectivity index (χ2n) is 10.4. The number of hydrogen-bond donors (Lipinski definition) is 9. The molecule has 3 heterocycles. The van der Waals surface area contributed by atoms with Gasteiger partial charge in [0, 0.05) is 56.3 Å². The first-order chi connectivity index (χ1) is 21.0. The van der Waals surface area contributed by atoms with Crippen LogP contribution in [0.3, 0.4) is 0 Å². The number of amides is 6. The van der Waals surface area contributed by atoms with E-state index in [1.807, 2.05) is 0 Å². The zero-order valence-corrected chi connectivity index (χ0v) is 26.1. The molecule has 260 valence electrons. The molecule has 3 saturated heterocycles. The van der Waals surface area contributed by atoms with Gasteiger partial charge in [-0.15, -0.1) is 0 Å². The van der Waals surface area contributed by atoms with Crippen LogP contribution in [0.25, 0.3) is 0 Å². The van der Waals surface area contributed by atoms with Crippen LogP contribution in [0, 0.1) is 0 Å². The zero-order chi connectivity index (χ0) is 34.3. The largest absolute Gasteiger partial charge is 0.503 e. The molecule has 0 atom stereocenters. The Bertz CT molecular complexity index is 1030. The molecule has 0 unspecified atom stereocenters. The molecule has 3 aliphatic heterocycles. The summed E-state index contributed by atoms with van der Waals surface area (Å²) in [6.07, 6.45) is 4.36. The second-order valence-corrected chi connectivity index (χ2v) is 10.4. The van der Waals surface area contributed by atoms with E-state index in [0.717, 1.165) is 18.2 Å². The zero-order valence-electron chi connectivity index (χ0n) is 25.0. The maximum absolute atomic E-state index is 11.4. The number of hydrogen-bond acceptors (Lipinski definition) is 12. The van der Waals surface area contributed by atoms with Gasteiger partial charge in [-0.1, -0.05) is 0 Å². The van der Waals surface area contributed by atoms with Gasteiger partial charge in [-0.3, -0.25) is 28.8 Å². The summed E-state index contributed by atoms with van der Waals surface area (Å²) in [6.45, 7) is 2.52. The predicted molar refractivity (Wildman–Crippen MR) is 155 cm³/mol. The fraction of sp³-hybridized carbons (Fsp3) is 0.556. The third kappa shape index (κ3) is 15.7. The minimum absolute atomic E-state index is 0. The number of rotatable bonds is 6. The van der Waals surface area contributed by atoms with E-state index in [0.29, 0.717) is 77.8 Å². The van der Waals surface area contributed by atoms with Crippen LogP contribution in [-0.2, 0) is 45.8 Å². The molecule has 18 nitrogen and oxygen atoms in total. The van der Waals surface area contributed by atoms with Crippen molar-refractivity contribution < 1.29 is 76.5 Å². The van der Waals surface area contributed by atoms with Crippen molar-refractivity contribution in [2.45, 2.75) is 56.8 Å². The summed E-state index contributed by atoms with van der Waals surface area (Å²) < 4.78 is 0. The number of carbonyl (C=O) groups is 6. The average Bonchev–Trinajstić information content (AvgIpc) is 2.98. The quantitative estimate of drug-likeness (QED) is 0.0748. The van der Waals surface area contributed by atoms with E-state index in [1.165, 1.54) is 14.7 Å². The van der Waals surface area contributed by atoms with Crippen LogP contribution in [0.5, 0.6) is 0 Å². The summed E-state index contributed by atoms with van der Waals surface area (Å²) in [4.78, 5) is 70.0. The Kier molecular flexibility index (Phi) is 18.9. The maximum atomic E-state index is 11.4. The predicted octanol–water partition coefficient (Wildman–Crippen LogP) is -3.31. The Morgan fingerprint density at radius 2 is 0.630 bits per heavy atom. The topological polar surface area (TPSA) is 312 Å². The Hall–Kier alpha value is -4.16. The number of aliphatic hydroxyl groups excluding tert-OH is 6. The smallest absolute Gasteiger partial charge is 0.283 e. The fourth-order valence-electron chi connectivity index (χ4n) is 4.10. The monoisotopic (exact) mass is 698 g/mol. The van der Waals surface area contributed by atoms with Crippen LogP contribution in [0.2, 0.25) is 0 Å². The molecule has 0 saturated carbocycles. The molecule has 3 aliphatic rings. The van der Waals surface area contributed by atoms with E-state index in [-0.39, 0.29) is 35.4 Å². The van der Waals surface area contributed by atoms with Gasteiger partial charge in [0.05, 0.1) is 36.5 Å². The molecule has 0 aromatic carbocycles. The van der Waals surface area contributed by atoms with Crippen LogP contribution < -0.4 is 17.2 Å². The first-order valence-electron chi connectivity index (χ1n) is 14.0. The summed E-state index contributed by atoms with van der Waals surface area (Å²) in [5.41, 5.74) is 14.3. The van der Waals surface area contributed by atoms with Crippen molar-refractivity contribution in [1.29, 1.82) is 0 Å². The van der Waals surface area contributed by atoms with Gasteiger partial charge < -0.3 is 62.5 Å². The van der Waals surface area contributed by atoms with Crippen molar-refractivity contribution in [3.05, 3.63) is 35.5 Å². The van der Waals surface area contributed by atoms with E-state index in [4.69, 9.17) is 32.5 Å². The first-order valence-corrected chi connectivity index (χ1v) is 14.0. The van der Waals surface area contributed by atoms with Crippen molar-refractivity contribution in [3.63, 3.8) is 0 Å². The third-order valence-corrected chi connectivity index (χ3v) is 6.87. The van der Waals surface area contributed by atoms with Crippen molar-refractivity contribution in [2.75, 3.05) is 39.3 Å². The summed E-state index contributed by atoms with van der Waals surface area (Å²) in [6, 6.07) is 0. The normalized spacial score (nSPS) is 18.6. The summed E-state index contributed by atoms with van der Waals surface area (Å²) in [5, 5.41) is 54.5. The third-order valence-electron chi connectivity index (χ3n) is 6.87. The van der Waals surface area contributed by atoms with Gasteiger partial charge in [-0.2, -0.15) is 0 Å². The molecule has 0 aromatic heterocycles. The standard InChI is InChI=1S/3C9H14N2O4.Fe/c3*10-9(15)7(13)5-8(14)11-3-1-6(12)2-4-11;/h3*5-6,12-13H,1-4H2,(H2,10,15);. The van der Waals surface area contributed by atoms with E-state index < -0.39 is 52.7 Å². The number of primary amides is 3. The van der Waals surface area contributed by atoms with Crippen LogP contribution in [0.4, 0.5) is 0 Å². The van der Waals surface area contributed by atoms with Gasteiger partial charge in [0.2, 0.25) is 17.7 Å². The minimum atomic E-state index is -1.03. The second kappa shape index (κ2) is 20.8. The van der Waals surface area contributed by atoms with Crippen LogP contribution in [0.1, 0.15) is 38.5 Å². The van der Waals surface area contributed by atoms with E-state index in [2.05, 4.69) is 0 Å². The molecule has 0 radical (unpaired) electrons. The Balaban J connectivity index is 0.000000653. The Morgan fingerprint density at radius 3 is 0.783 bits per heavy atom. The molecule has 0 bridgehead atoms. The van der Waals surface area contributed by atoms with Gasteiger partial charge in [0.25, 0.3) is 17.7 Å². The molecule has 0 spiro atoms. The average molecular weight is 699 g/mol. The number of likely N-dealkylation sites (tertiary alicyclic amines) is 3. The van der Waals surface area contributed by atoms with Crippen molar-refractivity contribution in [2.24, 2.45) is 17.2 Å². The van der Waals surface area contributed by atoms with Gasteiger partial charge >= 0.3 is 0 Å². The van der Waals surface area contributed by atoms with Crippen LogP contribution in [-0.4, -0.2) is 138 Å².